The minimum absolute atomic E-state index is 0.282. The van der Waals surface area contributed by atoms with Gasteiger partial charge in [0.25, 0.3) is 0 Å². The van der Waals surface area contributed by atoms with Gasteiger partial charge in [-0.3, -0.25) is 0 Å². The number of nitrogens with one attached hydrogen (secondary N) is 1. The number of aryl methyl sites for hydroxylation is 1. The summed E-state index contributed by atoms with van der Waals surface area (Å²) < 4.78 is 5.49. The van der Waals surface area contributed by atoms with Crippen LogP contribution in [-0.4, -0.2) is 24.2 Å². The van der Waals surface area contributed by atoms with Crippen LogP contribution in [0.5, 0.6) is 0 Å². The van der Waals surface area contributed by atoms with E-state index in [0.717, 1.165) is 36.7 Å². The molecule has 1 saturated heterocycles. The van der Waals surface area contributed by atoms with Crippen molar-refractivity contribution in [2.24, 2.45) is 0 Å². The summed E-state index contributed by atoms with van der Waals surface area (Å²) in [6, 6.07) is 2.16. The Hall–Kier alpha value is -1.38. The van der Waals surface area contributed by atoms with E-state index in [2.05, 4.69) is 16.4 Å². The first-order valence-electron chi connectivity index (χ1n) is 5.67. The molecule has 5 heteroatoms. The maximum Gasteiger partial charge on any atom is 0.135 e. The van der Waals surface area contributed by atoms with Gasteiger partial charge in [0.15, 0.2) is 0 Å². The van der Waals surface area contributed by atoms with Gasteiger partial charge in [-0.1, -0.05) is 0 Å². The summed E-state index contributed by atoms with van der Waals surface area (Å²) in [4.78, 5) is 4.29. The average molecular weight is 249 g/mol. The predicted molar refractivity (Wildman–Crippen MR) is 67.4 cm³/mol. The van der Waals surface area contributed by atoms with E-state index in [1.165, 1.54) is 11.3 Å². The topological polar surface area (TPSA) is 57.9 Å². The van der Waals surface area contributed by atoms with Crippen LogP contribution in [0.15, 0.2) is 11.6 Å². The smallest absolute Gasteiger partial charge is 0.135 e. The number of allylic oxidation sites excluding steroid dienone is 1. The van der Waals surface area contributed by atoms with Crippen molar-refractivity contribution in [3.63, 3.8) is 0 Å². The van der Waals surface area contributed by atoms with Crippen molar-refractivity contribution in [3.8, 4) is 6.07 Å². The molecule has 1 aromatic rings. The van der Waals surface area contributed by atoms with E-state index < -0.39 is 0 Å². The largest absolute Gasteiger partial charge is 0.387 e. The van der Waals surface area contributed by atoms with Crippen molar-refractivity contribution in [1.29, 1.82) is 5.26 Å². The predicted octanol–water partition coefficient (Wildman–Crippen LogP) is 2.08. The second-order valence-electron chi connectivity index (χ2n) is 4.01. The second kappa shape index (κ2) is 5.80. The fourth-order valence-electron chi connectivity index (χ4n) is 1.72. The maximum atomic E-state index is 9.06. The Morgan fingerprint density at radius 1 is 1.82 bits per heavy atom. The summed E-state index contributed by atoms with van der Waals surface area (Å²) in [6.07, 6.45) is 4.25. The van der Waals surface area contributed by atoms with E-state index in [0.29, 0.717) is 5.57 Å². The third kappa shape index (κ3) is 3.29. The van der Waals surface area contributed by atoms with Gasteiger partial charge in [0.2, 0.25) is 0 Å². The van der Waals surface area contributed by atoms with Crippen molar-refractivity contribution in [1.82, 2.24) is 10.3 Å². The minimum atomic E-state index is 0.282. The first-order valence-corrected chi connectivity index (χ1v) is 6.55. The van der Waals surface area contributed by atoms with Crippen molar-refractivity contribution in [2.45, 2.75) is 25.9 Å². The Morgan fingerprint density at radius 2 is 2.71 bits per heavy atom. The second-order valence-corrected chi connectivity index (χ2v) is 4.87. The Balaban J connectivity index is 1.91. The van der Waals surface area contributed by atoms with E-state index in [9.17, 15) is 0 Å². The van der Waals surface area contributed by atoms with Gasteiger partial charge in [-0.25, -0.2) is 4.98 Å². The summed E-state index contributed by atoms with van der Waals surface area (Å²) in [5.41, 5.74) is 1.53. The number of hydrogen-bond donors (Lipinski definition) is 1. The van der Waals surface area contributed by atoms with E-state index >= 15 is 0 Å². The zero-order valence-corrected chi connectivity index (χ0v) is 10.6. The summed E-state index contributed by atoms with van der Waals surface area (Å²) in [7, 11) is 0. The van der Waals surface area contributed by atoms with Gasteiger partial charge in [0.05, 0.1) is 6.10 Å². The number of ether oxygens (including phenoxy) is 1. The van der Waals surface area contributed by atoms with Crippen LogP contribution in [-0.2, 0) is 4.74 Å². The molecular weight excluding hydrogens is 234 g/mol. The minimum Gasteiger partial charge on any atom is -0.387 e. The van der Waals surface area contributed by atoms with E-state index in [-0.39, 0.29) is 6.10 Å². The van der Waals surface area contributed by atoms with Gasteiger partial charge in [0, 0.05) is 30.4 Å². The van der Waals surface area contributed by atoms with Crippen molar-refractivity contribution >= 4 is 16.9 Å². The van der Waals surface area contributed by atoms with Crippen LogP contribution in [0, 0.1) is 18.3 Å². The fourth-order valence-corrected chi connectivity index (χ4v) is 2.48. The SMILES string of the molecule is Cc1csc(/C(C#N)=C/NCC2CCCO2)n1. The quantitative estimate of drug-likeness (QED) is 0.830. The number of thiazole rings is 1. The lowest BCUT2D eigenvalue weighted by Crippen LogP contribution is -2.22. The van der Waals surface area contributed by atoms with Gasteiger partial charge in [-0.2, -0.15) is 5.26 Å². The summed E-state index contributed by atoms with van der Waals surface area (Å²) in [5.74, 6) is 0. The van der Waals surface area contributed by atoms with Crippen molar-refractivity contribution in [3.05, 3.63) is 22.3 Å². The van der Waals surface area contributed by atoms with E-state index in [1.54, 1.807) is 6.20 Å². The zero-order valence-electron chi connectivity index (χ0n) is 9.77. The lowest BCUT2D eigenvalue weighted by molar-refractivity contribution is 0.113. The lowest BCUT2D eigenvalue weighted by Gasteiger charge is -2.08. The third-order valence-electron chi connectivity index (χ3n) is 2.59. The lowest BCUT2D eigenvalue weighted by atomic mass is 10.2. The molecule has 0 saturated carbocycles. The number of aromatic nitrogens is 1. The molecule has 1 aromatic heterocycles. The van der Waals surface area contributed by atoms with Crippen LogP contribution in [0.1, 0.15) is 23.5 Å². The standard InChI is InChI=1S/C12H15N3OS/c1-9-8-17-12(15-9)10(5-13)6-14-7-11-3-2-4-16-11/h6,8,11,14H,2-4,7H2,1H3/b10-6+. The molecule has 0 radical (unpaired) electrons. The van der Waals surface area contributed by atoms with Gasteiger partial charge < -0.3 is 10.1 Å². The molecular formula is C12H15N3OS. The molecule has 1 atom stereocenters. The summed E-state index contributed by atoms with van der Waals surface area (Å²) >= 11 is 1.49. The highest BCUT2D eigenvalue weighted by molar-refractivity contribution is 7.10. The number of nitriles is 1. The normalized spacial score (nSPS) is 20.2. The first-order chi connectivity index (χ1) is 8.29. The molecule has 1 N–H and O–H groups in total. The van der Waals surface area contributed by atoms with Crippen molar-refractivity contribution < 1.29 is 4.74 Å². The molecule has 1 fully saturated rings. The highest BCUT2D eigenvalue weighted by Gasteiger charge is 2.14. The Morgan fingerprint density at radius 3 is 3.29 bits per heavy atom. The molecule has 2 rings (SSSR count). The zero-order chi connectivity index (χ0) is 12.1. The molecule has 1 unspecified atom stereocenters. The first kappa shape index (κ1) is 12.1. The third-order valence-corrected chi connectivity index (χ3v) is 3.58. The monoisotopic (exact) mass is 249 g/mol. The van der Waals surface area contributed by atoms with Gasteiger partial charge in [-0.15, -0.1) is 11.3 Å². The highest BCUT2D eigenvalue weighted by Crippen LogP contribution is 2.18. The molecule has 0 amide bonds. The maximum absolute atomic E-state index is 9.06. The summed E-state index contributed by atoms with van der Waals surface area (Å²) in [5, 5.41) is 14.9. The molecule has 0 aliphatic carbocycles. The number of rotatable bonds is 4. The molecule has 90 valence electrons. The van der Waals surface area contributed by atoms with Crippen LogP contribution in [0.4, 0.5) is 0 Å². The van der Waals surface area contributed by atoms with Crippen LogP contribution in [0.2, 0.25) is 0 Å². The molecule has 0 spiro atoms. The van der Waals surface area contributed by atoms with Crippen LogP contribution in [0.3, 0.4) is 0 Å². The van der Waals surface area contributed by atoms with Gasteiger partial charge in [0.1, 0.15) is 16.6 Å². The average Bonchev–Trinajstić information content (AvgIpc) is 2.96. The van der Waals surface area contributed by atoms with Gasteiger partial charge in [-0.05, 0) is 19.8 Å². The van der Waals surface area contributed by atoms with Crippen LogP contribution >= 0.6 is 11.3 Å². The van der Waals surface area contributed by atoms with Crippen LogP contribution in [0.25, 0.3) is 5.57 Å². The summed E-state index contributed by atoms with van der Waals surface area (Å²) in [6.45, 7) is 3.54. The molecule has 4 nitrogen and oxygen atoms in total. The van der Waals surface area contributed by atoms with E-state index in [1.807, 2.05) is 12.3 Å². The van der Waals surface area contributed by atoms with Crippen LogP contribution < -0.4 is 5.32 Å². The molecule has 1 aliphatic heterocycles. The molecule has 0 bridgehead atoms. The fraction of sp³-hybridized carbons (Fsp3) is 0.500. The molecule has 2 heterocycles. The van der Waals surface area contributed by atoms with E-state index in [4.69, 9.17) is 10.00 Å². The van der Waals surface area contributed by atoms with Gasteiger partial charge >= 0.3 is 0 Å². The highest BCUT2D eigenvalue weighted by atomic mass is 32.1. The van der Waals surface area contributed by atoms with Crippen molar-refractivity contribution in [2.75, 3.05) is 13.2 Å². The molecule has 1 aliphatic rings. The Bertz CT molecular complexity index is 441. The number of hydrogen-bond acceptors (Lipinski definition) is 5. The Labute approximate surface area is 105 Å². The number of nitrogens with zero attached hydrogens (tertiary/aromatic N) is 2. The molecule has 0 aromatic carbocycles. The Kier molecular flexibility index (Phi) is 4.13. The molecule has 17 heavy (non-hydrogen) atoms.